The van der Waals surface area contributed by atoms with Gasteiger partial charge in [-0.1, -0.05) is 18.2 Å². The molecule has 0 aromatic heterocycles. The van der Waals surface area contributed by atoms with Crippen molar-refractivity contribution >= 4 is 17.3 Å². The van der Waals surface area contributed by atoms with Crippen molar-refractivity contribution in [3.05, 3.63) is 46.0 Å². The third-order valence-corrected chi connectivity index (χ3v) is 3.25. The SMILES string of the molecule is Cc1ccc(NC(=O)C[C@H]2C=CCC2)cc1[N+](=O)[O-]. The van der Waals surface area contributed by atoms with Gasteiger partial charge in [0.05, 0.1) is 4.92 Å². The minimum Gasteiger partial charge on any atom is -0.326 e. The minimum atomic E-state index is -0.440. The number of nitrogens with one attached hydrogen (secondary N) is 1. The number of anilines is 1. The fraction of sp³-hybridized carbons (Fsp3) is 0.357. The number of rotatable bonds is 4. The zero-order valence-electron chi connectivity index (χ0n) is 10.8. The molecule has 1 atom stereocenters. The first-order chi connectivity index (χ1) is 9.06. The zero-order valence-corrected chi connectivity index (χ0v) is 10.8. The summed E-state index contributed by atoms with van der Waals surface area (Å²) in [5.41, 5.74) is 1.09. The predicted octanol–water partition coefficient (Wildman–Crippen LogP) is 3.20. The zero-order chi connectivity index (χ0) is 13.8. The molecule has 1 amide bonds. The van der Waals surface area contributed by atoms with Crippen LogP contribution < -0.4 is 5.32 Å². The van der Waals surface area contributed by atoms with Crippen LogP contribution in [0.2, 0.25) is 0 Å². The first-order valence-electron chi connectivity index (χ1n) is 6.28. The molecule has 100 valence electrons. The minimum absolute atomic E-state index is 0.0264. The molecular weight excluding hydrogens is 244 g/mol. The highest BCUT2D eigenvalue weighted by atomic mass is 16.6. The van der Waals surface area contributed by atoms with Gasteiger partial charge in [0, 0.05) is 23.7 Å². The maximum Gasteiger partial charge on any atom is 0.274 e. The number of benzene rings is 1. The Balaban J connectivity index is 2.02. The summed E-state index contributed by atoms with van der Waals surface area (Å²) in [5.74, 6) is 0.190. The summed E-state index contributed by atoms with van der Waals surface area (Å²) < 4.78 is 0. The van der Waals surface area contributed by atoms with E-state index in [1.54, 1.807) is 19.1 Å². The molecule has 0 bridgehead atoms. The van der Waals surface area contributed by atoms with Gasteiger partial charge < -0.3 is 5.32 Å². The smallest absolute Gasteiger partial charge is 0.274 e. The van der Waals surface area contributed by atoms with E-state index in [-0.39, 0.29) is 11.6 Å². The summed E-state index contributed by atoms with van der Waals surface area (Å²) in [7, 11) is 0. The Hall–Kier alpha value is -2.17. The van der Waals surface area contributed by atoms with Gasteiger partial charge in [-0.3, -0.25) is 14.9 Å². The number of carbonyl (C=O) groups excluding carboxylic acids is 1. The van der Waals surface area contributed by atoms with Crippen LogP contribution in [0.1, 0.15) is 24.8 Å². The molecular formula is C14H16N2O3. The van der Waals surface area contributed by atoms with Crippen molar-refractivity contribution in [1.29, 1.82) is 0 Å². The van der Waals surface area contributed by atoms with Gasteiger partial charge in [0.1, 0.15) is 0 Å². The van der Waals surface area contributed by atoms with Crippen molar-refractivity contribution in [3.8, 4) is 0 Å². The molecule has 0 radical (unpaired) electrons. The third kappa shape index (κ3) is 3.40. The summed E-state index contributed by atoms with van der Waals surface area (Å²) in [6, 6.07) is 4.73. The third-order valence-electron chi connectivity index (χ3n) is 3.25. The molecule has 0 saturated heterocycles. The van der Waals surface area contributed by atoms with Gasteiger partial charge >= 0.3 is 0 Å². The molecule has 0 spiro atoms. The molecule has 1 aromatic carbocycles. The second kappa shape index (κ2) is 5.65. The molecule has 1 N–H and O–H groups in total. The first kappa shape index (κ1) is 13.3. The van der Waals surface area contributed by atoms with Crippen LogP contribution in [-0.2, 0) is 4.79 Å². The van der Waals surface area contributed by atoms with Crippen molar-refractivity contribution in [2.45, 2.75) is 26.2 Å². The highest BCUT2D eigenvalue weighted by molar-refractivity contribution is 5.91. The lowest BCUT2D eigenvalue weighted by Crippen LogP contribution is -2.14. The molecule has 0 unspecified atom stereocenters. The molecule has 0 aliphatic heterocycles. The van der Waals surface area contributed by atoms with Gasteiger partial charge in [-0.15, -0.1) is 0 Å². The van der Waals surface area contributed by atoms with Crippen molar-refractivity contribution in [2.24, 2.45) is 5.92 Å². The number of hydrogen-bond donors (Lipinski definition) is 1. The molecule has 1 aliphatic carbocycles. The molecule has 5 heteroatoms. The number of hydrogen-bond acceptors (Lipinski definition) is 3. The van der Waals surface area contributed by atoms with Crippen LogP contribution in [0, 0.1) is 23.0 Å². The Labute approximate surface area is 111 Å². The Bertz CT molecular complexity index is 537. The highest BCUT2D eigenvalue weighted by Crippen LogP contribution is 2.24. The number of amides is 1. The summed E-state index contributed by atoms with van der Waals surface area (Å²) >= 11 is 0. The molecule has 5 nitrogen and oxygen atoms in total. The molecule has 1 aliphatic rings. The average molecular weight is 260 g/mol. The monoisotopic (exact) mass is 260 g/mol. The van der Waals surface area contributed by atoms with Crippen LogP contribution in [0.3, 0.4) is 0 Å². The van der Waals surface area contributed by atoms with Gasteiger partial charge in [0.25, 0.3) is 5.69 Å². The van der Waals surface area contributed by atoms with E-state index in [0.717, 1.165) is 12.8 Å². The maximum absolute atomic E-state index is 11.8. The number of nitro groups is 1. The van der Waals surface area contributed by atoms with E-state index in [0.29, 0.717) is 23.6 Å². The van der Waals surface area contributed by atoms with E-state index in [1.165, 1.54) is 6.07 Å². The molecule has 0 fully saturated rings. The molecule has 0 saturated carbocycles. The van der Waals surface area contributed by atoms with E-state index in [9.17, 15) is 14.9 Å². The Morgan fingerprint density at radius 1 is 1.53 bits per heavy atom. The number of nitrogens with zero attached hydrogens (tertiary/aromatic N) is 1. The maximum atomic E-state index is 11.8. The summed E-state index contributed by atoms with van der Waals surface area (Å²) in [5, 5.41) is 13.5. The van der Waals surface area contributed by atoms with E-state index >= 15 is 0 Å². The lowest BCUT2D eigenvalue weighted by molar-refractivity contribution is -0.385. The van der Waals surface area contributed by atoms with Gasteiger partial charge in [-0.25, -0.2) is 0 Å². The standard InChI is InChI=1S/C14H16N2O3/c1-10-6-7-12(9-13(10)16(18)19)15-14(17)8-11-4-2-3-5-11/h2,4,6-7,9,11H,3,5,8H2,1H3,(H,15,17)/t11-/m0/s1. The van der Waals surface area contributed by atoms with Crippen LogP contribution in [-0.4, -0.2) is 10.8 Å². The fourth-order valence-corrected chi connectivity index (χ4v) is 2.20. The van der Waals surface area contributed by atoms with Gasteiger partial charge in [-0.05, 0) is 31.7 Å². The Morgan fingerprint density at radius 3 is 2.95 bits per heavy atom. The van der Waals surface area contributed by atoms with E-state index in [4.69, 9.17) is 0 Å². The Kier molecular flexibility index (Phi) is 3.94. The number of aryl methyl sites for hydroxylation is 1. The van der Waals surface area contributed by atoms with Crippen LogP contribution >= 0.6 is 0 Å². The van der Waals surface area contributed by atoms with Gasteiger partial charge in [-0.2, -0.15) is 0 Å². The van der Waals surface area contributed by atoms with Crippen molar-refractivity contribution in [2.75, 3.05) is 5.32 Å². The quantitative estimate of drug-likeness (QED) is 0.513. The molecule has 1 aromatic rings. The second-order valence-corrected chi connectivity index (χ2v) is 4.78. The second-order valence-electron chi connectivity index (χ2n) is 4.78. The summed E-state index contributed by atoms with van der Waals surface area (Å²) in [6.45, 7) is 1.67. The predicted molar refractivity (Wildman–Crippen MR) is 72.9 cm³/mol. The van der Waals surface area contributed by atoms with E-state index in [2.05, 4.69) is 17.5 Å². The number of allylic oxidation sites excluding steroid dienone is 2. The lowest BCUT2D eigenvalue weighted by Gasteiger charge is -2.09. The summed E-state index contributed by atoms with van der Waals surface area (Å²) in [4.78, 5) is 22.2. The van der Waals surface area contributed by atoms with Crippen LogP contribution in [0.4, 0.5) is 11.4 Å². The van der Waals surface area contributed by atoms with Crippen molar-refractivity contribution < 1.29 is 9.72 Å². The molecule has 19 heavy (non-hydrogen) atoms. The highest BCUT2D eigenvalue weighted by Gasteiger charge is 2.16. The van der Waals surface area contributed by atoms with Gasteiger partial charge in [0.2, 0.25) is 5.91 Å². The van der Waals surface area contributed by atoms with E-state index in [1.807, 2.05) is 0 Å². The Morgan fingerprint density at radius 2 is 2.32 bits per heavy atom. The van der Waals surface area contributed by atoms with Gasteiger partial charge in [0.15, 0.2) is 0 Å². The lowest BCUT2D eigenvalue weighted by atomic mass is 10.0. The van der Waals surface area contributed by atoms with Crippen molar-refractivity contribution in [3.63, 3.8) is 0 Å². The van der Waals surface area contributed by atoms with Crippen LogP contribution in [0.5, 0.6) is 0 Å². The topological polar surface area (TPSA) is 72.2 Å². The van der Waals surface area contributed by atoms with Crippen LogP contribution in [0.15, 0.2) is 30.4 Å². The number of carbonyl (C=O) groups is 1. The fourth-order valence-electron chi connectivity index (χ4n) is 2.20. The number of nitro benzene ring substituents is 1. The summed E-state index contributed by atoms with van der Waals surface area (Å²) in [6.07, 6.45) is 6.58. The van der Waals surface area contributed by atoms with Crippen molar-refractivity contribution in [1.82, 2.24) is 0 Å². The molecule has 2 rings (SSSR count). The normalized spacial score (nSPS) is 17.4. The molecule has 0 heterocycles. The first-order valence-corrected chi connectivity index (χ1v) is 6.28. The average Bonchev–Trinajstić information content (AvgIpc) is 2.84. The largest absolute Gasteiger partial charge is 0.326 e. The van der Waals surface area contributed by atoms with E-state index < -0.39 is 4.92 Å². The van der Waals surface area contributed by atoms with Crippen LogP contribution in [0.25, 0.3) is 0 Å².